The Morgan fingerprint density at radius 1 is 1.00 bits per heavy atom. The number of rotatable bonds is 10. The SMILES string of the molecule is CC1CC1C(=O)NCCC(=O)NCCCCN1CCN(c2ccccc2)CC1. The average Bonchev–Trinajstić information content (AvgIpc) is 3.45. The molecule has 2 N–H and O–H groups in total. The molecule has 154 valence electrons. The minimum Gasteiger partial charge on any atom is -0.369 e. The highest BCUT2D eigenvalue weighted by Gasteiger charge is 2.38. The predicted molar refractivity (Wildman–Crippen MR) is 112 cm³/mol. The highest BCUT2D eigenvalue weighted by atomic mass is 16.2. The molecule has 0 bridgehead atoms. The highest BCUT2D eigenvalue weighted by molar-refractivity contribution is 5.82. The van der Waals surface area contributed by atoms with Crippen LogP contribution in [0.25, 0.3) is 0 Å². The number of hydrogen-bond acceptors (Lipinski definition) is 4. The van der Waals surface area contributed by atoms with Gasteiger partial charge in [0.1, 0.15) is 0 Å². The molecule has 6 nitrogen and oxygen atoms in total. The quantitative estimate of drug-likeness (QED) is 0.603. The van der Waals surface area contributed by atoms with E-state index < -0.39 is 0 Å². The summed E-state index contributed by atoms with van der Waals surface area (Å²) < 4.78 is 0. The van der Waals surface area contributed by atoms with Gasteiger partial charge in [-0.3, -0.25) is 14.5 Å². The molecule has 2 atom stereocenters. The Bertz CT molecular complexity index is 629. The van der Waals surface area contributed by atoms with Crippen LogP contribution in [0.1, 0.15) is 32.6 Å². The maximum Gasteiger partial charge on any atom is 0.223 e. The summed E-state index contributed by atoms with van der Waals surface area (Å²) in [5.41, 5.74) is 1.31. The molecular formula is C22H34N4O2. The summed E-state index contributed by atoms with van der Waals surface area (Å²) >= 11 is 0. The first-order chi connectivity index (χ1) is 13.6. The maximum absolute atomic E-state index is 11.8. The molecule has 1 saturated carbocycles. The van der Waals surface area contributed by atoms with E-state index in [9.17, 15) is 9.59 Å². The smallest absolute Gasteiger partial charge is 0.223 e. The third-order valence-corrected chi connectivity index (χ3v) is 5.81. The summed E-state index contributed by atoms with van der Waals surface area (Å²) in [4.78, 5) is 28.5. The van der Waals surface area contributed by atoms with E-state index in [0.29, 0.717) is 18.9 Å². The van der Waals surface area contributed by atoms with Gasteiger partial charge in [0, 0.05) is 57.3 Å². The fourth-order valence-corrected chi connectivity index (χ4v) is 3.76. The second-order valence-electron chi connectivity index (χ2n) is 8.08. The third kappa shape index (κ3) is 6.51. The lowest BCUT2D eigenvalue weighted by Gasteiger charge is -2.36. The zero-order chi connectivity index (χ0) is 19.8. The normalized spacial score (nSPS) is 22.0. The van der Waals surface area contributed by atoms with E-state index in [1.807, 2.05) is 0 Å². The third-order valence-electron chi connectivity index (χ3n) is 5.81. The summed E-state index contributed by atoms with van der Waals surface area (Å²) in [5.74, 6) is 0.820. The fraction of sp³-hybridized carbons (Fsp3) is 0.636. The summed E-state index contributed by atoms with van der Waals surface area (Å²) in [6, 6.07) is 10.6. The van der Waals surface area contributed by atoms with Crippen molar-refractivity contribution in [1.82, 2.24) is 15.5 Å². The van der Waals surface area contributed by atoms with Crippen molar-refractivity contribution in [3.63, 3.8) is 0 Å². The Morgan fingerprint density at radius 2 is 1.71 bits per heavy atom. The highest BCUT2D eigenvalue weighted by Crippen LogP contribution is 2.37. The number of amides is 2. The van der Waals surface area contributed by atoms with Crippen molar-refractivity contribution in [2.75, 3.05) is 50.7 Å². The number of carbonyl (C=O) groups excluding carboxylic acids is 2. The number of nitrogens with zero attached hydrogens (tertiary/aromatic N) is 2. The van der Waals surface area contributed by atoms with E-state index in [4.69, 9.17) is 0 Å². The molecule has 1 aliphatic carbocycles. The summed E-state index contributed by atoms with van der Waals surface area (Å²) in [6.07, 6.45) is 3.45. The molecule has 1 aromatic carbocycles. The van der Waals surface area contributed by atoms with Crippen LogP contribution in [0.4, 0.5) is 5.69 Å². The minimum absolute atomic E-state index is 0.0284. The van der Waals surface area contributed by atoms with Gasteiger partial charge in [-0.05, 0) is 43.9 Å². The van der Waals surface area contributed by atoms with Gasteiger partial charge in [-0.1, -0.05) is 25.1 Å². The van der Waals surface area contributed by atoms with E-state index in [2.05, 4.69) is 57.7 Å². The van der Waals surface area contributed by atoms with Crippen LogP contribution in [0.15, 0.2) is 30.3 Å². The van der Waals surface area contributed by atoms with Crippen molar-refractivity contribution in [1.29, 1.82) is 0 Å². The van der Waals surface area contributed by atoms with Crippen LogP contribution >= 0.6 is 0 Å². The van der Waals surface area contributed by atoms with Crippen molar-refractivity contribution in [3.05, 3.63) is 30.3 Å². The first-order valence-electron chi connectivity index (χ1n) is 10.7. The van der Waals surface area contributed by atoms with E-state index >= 15 is 0 Å². The van der Waals surface area contributed by atoms with Crippen LogP contribution in [0.3, 0.4) is 0 Å². The van der Waals surface area contributed by atoms with Gasteiger partial charge in [0.2, 0.25) is 11.8 Å². The Kier molecular flexibility index (Phi) is 7.71. The molecule has 0 spiro atoms. The van der Waals surface area contributed by atoms with Gasteiger partial charge in [-0.15, -0.1) is 0 Å². The molecule has 2 amide bonds. The van der Waals surface area contributed by atoms with Gasteiger partial charge in [0.15, 0.2) is 0 Å². The van der Waals surface area contributed by atoms with Crippen LogP contribution in [0, 0.1) is 11.8 Å². The van der Waals surface area contributed by atoms with E-state index in [-0.39, 0.29) is 17.7 Å². The van der Waals surface area contributed by atoms with Gasteiger partial charge < -0.3 is 15.5 Å². The molecule has 2 unspecified atom stereocenters. The van der Waals surface area contributed by atoms with Crippen molar-refractivity contribution in [3.8, 4) is 0 Å². The summed E-state index contributed by atoms with van der Waals surface area (Å²) in [6.45, 7) is 8.68. The number of piperazine rings is 1. The van der Waals surface area contributed by atoms with Gasteiger partial charge in [0.25, 0.3) is 0 Å². The van der Waals surface area contributed by atoms with Gasteiger partial charge in [-0.25, -0.2) is 0 Å². The van der Waals surface area contributed by atoms with Crippen LogP contribution < -0.4 is 15.5 Å². The number of nitrogens with one attached hydrogen (secondary N) is 2. The lowest BCUT2D eigenvalue weighted by atomic mass is 10.2. The molecule has 0 aromatic heterocycles. The van der Waals surface area contributed by atoms with Gasteiger partial charge >= 0.3 is 0 Å². The standard InChI is InChI=1S/C22H34N4O2/c1-18-17-20(18)22(28)24-11-9-21(27)23-10-5-6-12-25-13-15-26(16-14-25)19-7-3-2-4-8-19/h2-4,7-8,18,20H,5-6,9-17H2,1H3,(H,23,27)(H,24,28). The van der Waals surface area contributed by atoms with Gasteiger partial charge in [-0.2, -0.15) is 0 Å². The fourth-order valence-electron chi connectivity index (χ4n) is 3.76. The van der Waals surface area contributed by atoms with Crippen LogP contribution in [0.5, 0.6) is 0 Å². The first-order valence-corrected chi connectivity index (χ1v) is 10.7. The number of para-hydroxylation sites is 1. The van der Waals surface area contributed by atoms with Crippen molar-refractivity contribution >= 4 is 17.5 Å². The molecule has 2 aliphatic rings. The molecule has 2 fully saturated rings. The molecular weight excluding hydrogens is 352 g/mol. The molecule has 1 aliphatic heterocycles. The Hall–Kier alpha value is -2.08. The van der Waals surface area contributed by atoms with Crippen molar-refractivity contribution in [2.24, 2.45) is 11.8 Å². The second kappa shape index (κ2) is 10.5. The van der Waals surface area contributed by atoms with Gasteiger partial charge in [0.05, 0.1) is 0 Å². The zero-order valence-electron chi connectivity index (χ0n) is 17.0. The Morgan fingerprint density at radius 3 is 2.39 bits per heavy atom. The summed E-state index contributed by atoms with van der Waals surface area (Å²) in [7, 11) is 0. The Balaban J connectivity index is 1.17. The molecule has 0 radical (unpaired) electrons. The molecule has 3 rings (SSSR count). The molecule has 28 heavy (non-hydrogen) atoms. The number of benzene rings is 1. The largest absolute Gasteiger partial charge is 0.369 e. The number of unbranched alkanes of at least 4 members (excludes halogenated alkanes) is 1. The van der Waals surface area contributed by atoms with E-state index in [1.165, 1.54) is 5.69 Å². The van der Waals surface area contributed by atoms with Crippen LogP contribution in [-0.2, 0) is 9.59 Å². The lowest BCUT2D eigenvalue weighted by Crippen LogP contribution is -2.46. The monoisotopic (exact) mass is 386 g/mol. The van der Waals surface area contributed by atoms with Crippen molar-refractivity contribution in [2.45, 2.75) is 32.6 Å². The van der Waals surface area contributed by atoms with E-state index in [1.54, 1.807) is 0 Å². The number of carbonyl (C=O) groups is 2. The van der Waals surface area contributed by atoms with Crippen molar-refractivity contribution < 1.29 is 9.59 Å². The average molecular weight is 387 g/mol. The predicted octanol–water partition coefficient (Wildman–Crippen LogP) is 1.87. The molecule has 6 heteroatoms. The van der Waals surface area contributed by atoms with Crippen LogP contribution in [-0.4, -0.2) is 62.5 Å². The number of anilines is 1. The molecule has 1 saturated heterocycles. The molecule has 1 aromatic rings. The second-order valence-corrected chi connectivity index (χ2v) is 8.08. The van der Waals surface area contributed by atoms with E-state index in [0.717, 1.165) is 58.5 Å². The topological polar surface area (TPSA) is 64.7 Å². The minimum atomic E-state index is 0.0284. The zero-order valence-corrected chi connectivity index (χ0v) is 17.0. The maximum atomic E-state index is 11.8. The number of hydrogen-bond donors (Lipinski definition) is 2. The van der Waals surface area contributed by atoms with Crippen LogP contribution in [0.2, 0.25) is 0 Å². The first kappa shape index (κ1) is 20.6. The Labute approximate surface area is 168 Å². The lowest BCUT2D eigenvalue weighted by molar-refractivity contribution is -0.123. The molecule has 1 heterocycles. The summed E-state index contributed by atoms with van der Waals surface area (Å²) in [5, 5.41) is 5.81.